The average Bonchev–Trinajstić information content (AvgIpc) is 1.85. The molecule has 0 amide bonds. The van der Waals surface area contributed by atoms with E-state index in [0.29, 0.717) is 0 Å². The Morgan fingerprint density at radius 1 is 1.00 bits per heavy atom. The Balaban J connectivity index is 0.00000121. The largest absolute Gasteiger partial charge is 0.312 e. The highest BCUT2D eigenvalue weighted by molar-refractivity contribution is 9.11. The highest BCUT2D eigenvalue weighted by Crippen LogP contribution is 2.22. The van der Waals surface area contributed by atoms with Crippen LogP contribution in [-0.2, 0) is 0 Å². The normalized spacial score (nSPS) is 8.92. The molecule has 0 saturated heterocycles. The molecule has 0 heterocycles. The smallest absolute Gasteiger partial charge is 0.0518 e. The first-order valence-electron chi connectivity index (χ1n) is 2.80. The number of nitrogens with one attached hydrogen (secondary N) is 2. The van der Waals surface area contributed by atoms with Gasteiger partial charge < -0.3 is 5.43 Å². The summed E-state index contributed by atoms with van der Waals surface area (Å²) in [6.45, 7) is 0. The molecule has 1 rings (SSSR count). The molecule has 1 aromatic rings. The third-order valence-corrected chi connectivity index (χ3v) is 2.17. The van der Waals surface area contributed by atoms with Crippen LogP contribution in [0.25, 0.3) is 0 Å². The first kappa shape index (κ1) is 12.7. The first-order chi connectivity index (χ1) is 5.22. The van der Waals surface area contributed by atoms with Crippen molar-refractivity contribution in [2.24, 2.45) is 0 Å². The van der Waals surface area contributed by atoms with Crippen molar-refractivity contribution in [2.75, 3.05) is 5.43 Å². The summed E-state index contributed by atoms with van der Waals surface area (Å²) in [5.41, 5.74) is 3.87. The standard InChI is InChI=1S/C6H5Br3N2.ClH/c7-4-1-5(8)3-6(2-4)10-11-9;/h1-3,10-11H;1H. The summed E-state index contributed by atoms with van der Waals surface area (Å²) in [6.07, 6.45) is 0. The van der Waals surface area contributed by atoms with Crippen molar-refractivity contribution in [3.8, 4) is 0 Å². The summed E-state index contributed by atoms with van der Waals surface area (Å²) in [7, 11) is 0. The van der Waals surface area contributed by atoms with Crippen LogP contribution >= 0.6 is 60.4 Å². The lowest BCUT2D eigenvalue weighted by Crippen LogP contribution is -2.07. The molecule has 0 atom stereocenters. The van der Waals surface area contributed by atoms with Crippen molar-refractivity contribution in [1.82, 2.24) is 4.45 Å². The van der Waals surface area contributed by atoms with Crippen LogP contribution in [0.2, 0.25) is 0 Å². The van der Waals surface area contributed by atoms with E-state index in [1.54, 1.807) is 0 Å². The van der Waals surface area contributed by atoms with Gasteiger partial charge in [-0.15, -0.1) is 12.4 Å². The molecular weight excluding hydrogens is 375 g/mol. The third kappa shape index (κ3) is 4.09. The minimum atomic E-state index is 0. The molecule has 12 heavy (non-hydrogen) atoms. The van der Waals surface area contributed by atoms with Gasteiger partial charge in [-0.3, -0.25) is 0 Å². The number of benzene rings is 1. The van der Waals surface area contributed by atoms with Gasteiger partial charge in [0.15, 0.2) is 0 Å². The van der Waals surface area contributed by atoms with Crippen molar-refractivity contribution in [3.63, 3.8) is 0 Å². The second-order valence-corrected chi connectivity index (χ2v) is 4.11. The van der Waals surface area contributed by atoms with E-state index in [1.807, 2.05) is 18.2 Å². The van der Waals surface area contributed by atoms with Gasteiger partial charge in [0.25, 0.3) is 0 Å². The summed E-state index contributed by atoms with van der Waals surface area (Å²) in [6, 6.07) is 5.89. The summed E-state index contributed by atoms with van der Waals surface area (Å²) in [5.74, 6) is 0. The molecule has 0 aliphatic rings. The number of hydrogen-bond donors (Lipinski definition) is 2. The molecule has 0 bridgehead atoms. The zero-order valence-electron chi connectivity index (χ0n) is 5.77. The number of hydrazine groups is 1. The van der Waals surface area contributed by atoms with E-state index in [1.165, 1.54) is 0 Å². The summed E-state index contributed by atoms with van der Waals surface area (Å²) < 4.78 is 4.71. The lowest BCUT2D eigenvalue weighted by molar-refractivity contribution is 1.24. The Kier molecular flexibility index (Phi) is 6.57. The van der Waals surface area contributed by atoms with E-state index in [0.717, 1.165) is 14.6 Å². The van der Waals surface area contributed by atoms with Crippen molar-refractivity contribution in [2.45, 2.75) is 0 Å². The van der Waals surface area contributed by atoms with Gasteiger partial charge in [0.1, 0.15) is 0 Å². The quantitative estimate of drug-likeness (QED) is 0.601. The van der Waals surface area contributed by atoms with Crippen LogP contribution in [-0.4, -0.2) is 0 Å². The molecule has 1 aromatic carbocycles. The fourth-order valence-electron chi connectivity index (χ4n) is 0.681. The van der Waals surface area contributed by atoms with Crippen LogP contribution in [0.1, 0.15) is 0 Å². The van der Waals surface area contributed by atoms with Gasteiger partial charge in [0, 0.05) is 25.1 Å². The summed E-state index contributed by atoms with van der Waals surface area (Å²) in [4.78, 5) is 0. The first-order valence-corrected chi connectivity index (χ1v) is 5.18. The fourth-order valence-corrected chi connectivity index (χ4v) is 2.20. The zero-order valence-corrected chi connectivity index (χ0v) is 11.3. The number of hydrogen-bond acceptors (Lipinski definition) is 2. The van der Waals surface area contributed by atoms with Gasteiger partial charge >= 0.3 is 0 Å². The summed E-state index contributed by atoms with van der Waals surface area (Å²) in [5, 5.41) is 0. The molecule has 0 aromatic heterocycles. The maximum absolute atomic E-state index is 3.37. The average molecular weight is 381 g/mol. The van der Waals surface area contributed by atoms with E-state index in [2.05, 4.69) is 57.9 Å². The van der Waals surface area contributed by atoms with Crippen LogP contribution < -0.4 is 9.88 Å². The van der Waals surface area contributed by atoms with E-state index in [9.17, 15) is 0 Å². The van der Waals surface area contributed by atoms with Gasteiger partial charge in [-0.25, -0.2) is 0 Å². The number of rotatable bonds is 2. The number of halogens is 4. The SMILES string of the molecule is BrNNc1cc(Br)cc(Br)c1.Cl. The Hall–Kier alpha value is 0.710. The van der Waals surface area contributed by atoms with Crippen molar-refractivity contribution in [3.05, 3.63) is 27.1 Å². The van der Waals surface area contributed by atoms with Crippen molar-refractivity contribution in [1.29, 1.82) is 0 Å². The predicted octanol–water partition coefficient (Wildman–Crippen LogP) is 3.86. The highest BCUT2D eigenvalue weighted by atomic mass is 79.9. The molecule has 0 saturated carbocycles. The molecule has 0 fully saturated rings. The summed E-state index contributed by atoms with van der Waals surface area (Å²) >= 11 is 9.78. The van der Waals surface area contributed by atoms with Crippen molar-refractivity contribution < 1.29 is 0 Å². The van der Waals surface area contributed by atoms with Gasteiger partial charge in [0.05, 0.1) is 5.69 Å². The number of anilines is 1. The minimum absolute atomic E-state index is 0. The predicted molar refractivity (Wildman–Crippen MR) is 64.8 cm³/mol. The zero-order chi connectivity index (χ0) is 8.27. The second-order valence-electron chi connectivity index (χ2n) is 1.88. The van der Waals surface area contributed by atoms with Crippen LogP contribution in [0.3, 0.4) is 0 Å². The van der Waals surface area contributed by atoms with Crippen molar-refractivity contribution >= 4 is 66.1 Å². The molecule has 0 aliphatic carbocycles. The van der Waals surface area contributed by atoms with Gasteiger partial charge in [-0.1, -0.05) is 31.9 Å². The van der Waals surface area contributed by atoms with Gasteiger partial charge in [-0.05, 0) is 18.2 Å². The molecule has 2 N–H and O–H groups in total. The highest BCUT2D eigenvalue weighted by Gasteiger charge is 1.94. The topological polar surface area (TPSA) is 24.1 Å². The van der Waals surface area contributed by atoms with Crippen LogP contribution in [0.5, 0.6) is 0 Å². The molecule has 0 radical (unpaired) electrons. The Labute approximate surface area is 102 Å². The Morgan fingerprint density at radius 2 is 1.50 bits per heavy atom. The maximum Gasteiger partial charge on any atom is 0.0518 e. The van der Waals surface area contributed by atoms with E-state index >= 15 is 0 Å². The fraction of sp³-hybridized carbons (Fsp3) is 0. The van der Waals surface area contributed by atoms with Crippen LogP contribution in [0, 0.1) is 0 Å². The Morgan fingerprint density at radius 3 is 1.92 bits per heavy atom. The third-order valence-electron chi connectivity index (χ3n) is 1.05. The minimum Gasteiger partial charge on any atom is -0.312 e. The molecule has 0 spiro atoms. The second kappa shape index (κ2) is 6.21. The van der Waals surface area contributed by atoms with E-state index in [-0.39, 0.29) is 12.4 Å². The maximum atomic E-state index is 3.37. The van der Waals surface area contributed by atoms with Gasteiger partial charge in [0.2, 0.25) is 0 Å². The molecule has 0 aliphatic heterocycles. The Bertz CT molecular complexity index is 236. The monoisotopic (exact) mass is 378 g/mol. The van der Waals surface area contributed by atoms with Crippen LogP contribution in [0.4, 0.5) is 5.69 Å². The van der Waals surface area contributed by atoms with E-state index < -0.39 is 0 Å². The molecule has 2 nitrogen and oxygen atoms in total. The molecular formula is C6H6Br3ClN2. The van der Waals surface area contributed by atoms with Crippen LogP contribution in [0.15, 0.2) is 27.1 Å². The molecule has 0 unspecified atom stereocenters. The molecule has 68 valence electrons. The van der Waals surface area contributed by atoms with Gasteiger partial charge in [-0.2, -0.15) is 4.45 Å². The lowest BCUT2D eigenvalue weighted by atomic mass is 10.3. The molecule has 6 heteroatoms. The lowest BCUT2D eigenvalue weighted by Gasteiger charge is -2.03. The van der Waals surface area contributed by atoms with E-state index in [4.69, 9.17) is 0 Å².